The average molecular weight is 362 g/mol. The van der Waals surface area contributed by atoms with E-state index in [0.717, 1.165) is 15.6 Å². The van der Waals surface area contributed by atoms with Gasteiger partial charge in [0, 0.05) is 11.1 Å². The van der Waals surface area contributed by atoms with Crippen molar-refractivity contribution < 1.29 is 14.4 Å². The first-order valence-electron chi connectivity index (χ1n) is 7.82. The molecule has 8 heteroatoms. The Kier molecular flexibility index (Phi) is 6.11. The monoisotopic (exact) mass is 362 g/mol. The Bertz CT molecular complexity index is 767. The second-order valence-electron chi connectivity index (χ2n) is 6.25. The molecular formula is C17H22N4O3S. The molecule has 134 valence electrons. The second kappa shape index (κ2) is 8.09. The van der Waals surface area contributed by atoms with Crippen molar-refractivity contribution >= 4 is 39.6 Å². The summed E-state index contributed by atoms with van der Waals surface area (Å²) in [4.78, 5) is 35.0. The van der Waals surface area contributed by atoms with Crippen LogP contribution in [-0.4, -0.2) is 36.5 Å². The first kappa shape index (κ1) is 18.9. The van der Waals surface area contributed by atoms with E-state index in [1.807, 2.05) is 29.6 Å². The Balaban J connectivity index is 2.19. The van der Waals surface area contributed by atoms with Crippen LogP contribution >= 0.6 is 11.3 Å². The van der Waals surface area contributed by atoms with Crippen LogP contribution in [0.15, 0.2) is 29.6 Å². The normalized spacial score (nSPS) is 12.4. The van der Waals surface area contributed by atoms with Crippen molar-refractivity contribution in [1.82, 2.24) is 16.0 Å². The molecule has 0 radical (unpaired) electrons. The van der Waals surface area contributed by atoms with Crippen molar-refractivity contribution in [2.45, 2.75) is 31.8 Å². The number of hydrogen-bond acceptors (Lipinski definition) is 5. The molecule has 1 atom stereocenters. The molecule has 3 amide bonds. The molecule has 0 aliphatic carbocycles. The van der Waals surface area contributed by atoms with Gasteiger partial charge in [-0.25, -0.2) is 0 Å². The van der Waals surface area contributed by atoms with E-state index < -0.39 is 17.5 Å². The van der Waals surface area contributed by atoms with Crippen LogP contribution in [0.5, 0.6) is 0 Å². The van der Waals surface area contributed by atoms with Crippen LogP contribution in [-0.2, 0) is 20.8 Å². The van der Waals surface area contributed by atoms with Gasteiger partial charge in [0.2, 0.25) is 18.2 Å². The van der Waals surface area contributed by atoms with Gasteiger partial charge in [0.15, 0.2) is 0 Å². The predicted octanol–water partition coefficient (Wildman–Crippen LogP) is 0.486. The molecule has 2 rings (SSSR count). The van der Waals surface area contributed by atoms with Crippen molar-refractivity contribution in [3.8, 4) is 0 Å². The molecule has 0 saturated carbocycles. The summed E-state index contributed by atoms with van der Waals surface area (Å²) in [5.41, 5.74) is 5.68. The maximum Gasteiger partial charge on any atom is 0.244 e. The lowest BCUT2D eigenvalue weighted by Gasteiger charge is -2.23. The lowest BCUT2D eigenvalue weighted by atomic mass is 10.0. The number of benzene rings is 1. The van der Waals surface area contributed by atoms with E-state index in [0.29, 0.717) is 12.8 Å². The standard InChI is InChI=1S/C17H22N4O3S/c1-17(2,18)16(24)21-13(15(23)20-9-19-10-22)7-11-8-25-14-6-4-3-5-12(11)14/h3-6,8,10,13H,7,9,18H2,1-2H3,(H,19,22)(H,20,23)(H,21,24)/t13-/m1/s1. The molecule has 7 nitrogen and oxygen atoms in total. The van der Waals surface area contributed by atoms with Crippen molar-refractivity contribution in [2.75, 3.05) is 6.67 Å². The molecule has 0 unspecified atom stereocenters. The Morgan fingerprint density at radius 1 is 1.32 bits per heavy atom. The van der Waals surface area contributed by atoms with Crippen molar-refractivity contribution in [1.29, 1.82) is 0 Å². The fourth-order valence-electron chi connectivity index (χ4n) is 2.27. The highest BCUT2D eigenvalue weighted by Gasteiger charge is 2.28. The molecule has 0 spiro atoms. The maximum atomic E-state index is 12.4. The lowest BCUT2D eigenvalue weighted by molar-refractivity contribution is -0.131. The third-order valence-electron chi connectivity index (χ3n) is 3.64. The van der Waals surface area contributed by atoms with E-state index in [4.69, 9.17) is 5.73 Å². The van der Waals surface area contributed by atoms with Crippen LogP contribution in [0.3, 0.4) is 0 Å². The lowest BCUT2D eigenvalue weighted by Crippen LogP contribution is -2.57. The number of hydrogen-bond donors (Lipinski definition) is 4. The van der Waals surface area contributed by atoms with E-state index >= 15 is 0 Å². The first-order chi connectivity index (χ1) is 11.8. The van der Waals surface area contributed by atoms with Gasteiger partial charge in [-0.2, -0.15) is 0 Å². The largest absolute Gasteiger partial charge is 0.342 e. The highest BCUT2D eigenvalue weighted by Crippen LogP contribution is 2.26. The van der Waals surface area contributed by atoms with Gasteiger partial charge in [-0.3, -0.25) is 14.4 Å². The quantitative estimate of drug-likeness (QED) is 0.311. The summed E-state index contributed by atoms with van der Waals surface area (Å²) in [6, 6.07) is 7.09. The Morgan fingerprint density at radius 2 is 2.04 bits per heavy atom. The summed E-state index contributed by atoms with van der Waals surface area (Å²) in [6.45, 7) is 3.14. The summed E-state index contributed by atoms with van der Waals surface area (Å²) >= 11 is 1.59. The van der Waals surface area contributed by atoms with Crippen LogP contribution in [0.4, 0.5) is 0 Å². The average Bonchev–Trinajstić information content (AvgIpc) is 2.96. The van der Waals surface area contributed by atoms with Crippen LogP contribution < -0.4 is 21.7 Å². The zero-order chi connectivity index (χ0) is 18.4. The van der Waals surface area contributed by atoms with Gasteiger partial charge < -0.3 is 21.7 Å². The second-order valence-corrected chi connectivity index (χ2v) is 7.16. The summed E-state index contributed by atoms with van der Waals surface area (Å²) < 4.78 is 1.12. The summed E-state index contributed by atoms with van der Waals surface area (Å²) in [6.07, 6.45) is 0.821. The van der Waals surface area contributed by atoms with Crippen molar-refractivity contribution in [2.24, 2.45) is 5.73 Å². The Morgan fingerprint density at radius 3 is 2.72 bits per heavy atom. The minimum Gasteiger partial charge on any atom is -0.342 e. The van der Waals surface area contributed by atoms with Gasteiger partial charge in [-0.1, -0.05) is 18.2 Å². The van der Waals surface area contributed by atoms with E-state index in [2.05, 4.69) is 16.0 Å². The molecular weight excluding hydrogens is 340 g/mol. The predicted molar refractivity (Wildman–Crippen MR) is 97.9 cm³/mol. The highest BCUT2D eigenvalue weighted by molar-refractivity contribution is 7.17. The number of carbonyl (C=O) groups is 3. The molecule has 0 saturated heterocycles. The number of carbonyl (C=O) groups excluding carboxylic acids is 3. The first-order valence-corrected chi connectivity index (χ1v) is 8.70. The topological polar surface area (TPSA) is 113 Å². The van der Waals surface area contributed by atoms with Crippen LogP contribution in [0.1, 0.15) is 19.4 Å². The number of amides is 3. The molecule has 25 heavy (non-hydrogen) atoms. The zero-order valence-electron chi connectivity index (χ0n) is 14.2. The van der Waals surface area contributed by atoms with Gasteiger partial charge in [0.1, 0.15) is 6.04 Å². The Hall–Kier alpha value is -2.45. The molecule has 0 aliphatic heterocycles. The van der Waals surface area contributed by atoms with Gasteiger partial charge >= 0.3 is 0 Å². The fourth-order valence-corrected chi connectivity index (χ4v) is 3.24. The molecule has 0 aliphatic rings. The van der Waals surface area contributed by atoms with Gasteiger partial charge in [0.25, 0.3) is 0 Å². The minimum atomic E-state index is -1.10. The third-order valence-corrected chi connectivity index (χ3v) is 4.65. The van der Waals surface area contributed by atoms with Crippen LogP contribution in [0.2, 0.25) is 0 Å². The third kappa shape index (κ3) is 5.01. The van der Waals surface area contributed by atoms with Crippen molar-refractivity contribution in [3.63, 3.8) is 0 Å². The van der Waals surface area contributed by atoms with Gasteiger partial charge in [0.05, 0.1) is 12.2 Å². The van der Waals surface area contributed by atoms with Crippen LogP contribution in [0, 0.1) is 0 Å². The zero-order valence-corrected chi connectivity index (χ0v) is 15.0. The van der Waals surface area contributed by atoms with Gasteiger partial charge in [-0.15, -0.1) is 11.3 Å². The summed E-state index contributed by atoms with van der Waals surface area (Å²) in [7, 11) is 0. The number of nitrogens with two attached hydrogens (primary N) is 1. The molecule has 1 aromatic carbocycles. The van der Waals surface area contributed by atoms with Crippen molar-refractivity contribution in [3.05, 3.63) is 35.2 Å². The van der Waals surface area contributed by atoms with E-state index in [9.17, 15) is 14.4 Å². The molecule has 1 heterocycles. The maximum absolute atomic E-state index is 12.4. The number of rotatable bonds is 8. The molecule has 2 aromatic rings. The number of thiophene rings is 1. The minimum absolute atomic E-state index is 0.00882. The van der Waals surface area contributed by atoms with Gasteiger partial charge in [-0.05, 0) is 36.2 Å². The molecule has 5 N–H and O–H groups in total. The van der Waals surface area contributed by atoms with E-state index in [-0.39, 0.29) is 12.6 Å². The smallest absolute Gasteiger partial charge is 0.244 e. The van der Waals surface area contributed by atoms with E-state index in [1.165, 1.54) is 0 Å². The molecule has 0 bridgehead atoms. The summed E-state index contributed by atoms with van der Waals surface area (Å²) in [5, 5.41) is 10.7. The number of fused-ring (bicyclic) bond motifs is 1. The highest BCUT2D eigenvalue weighted by atomic mass is 32.1. The van der Waals surface area contributed by atoms with E-state index in [1.54, 1.807) is 25.2 Å². The SMILES string of the molecule is CC(C)(N)C(=O)N[C@H](Cc1csc2ccccc12)C(=O)NCNC=O. The van der Waals surface area contributed by atoms with Crippen LogP contribution in [0.25, 0.3) is 10.1 Å². The Labute approximate surface area is 150 Å². The summed E-state index contributed by atoms with van der Waals surface area (Å²) in [5.74, 6) is -0.808. The fraction of sp³-hybridized carbons (Fsp3) is 0.353. The molecule has 1 aromatic heterocycles. The molecule has 0 fully saturated rings. The number of nitrogens with one attached hydrogen (secondary N) is 3.